The predicted octanol–water partition coefficient (Wildman–Crippen LogP) is 2.64. The molecular formula is C10H8BrFN2O2. The van der Waals surface area contributed by atoms with Crippen LogP contribution >= 0.6 is 15.9 Å². The molecule has 2 aromatic rings. The number of ether oxygens (including phenoxy) is 1. The van der Waals surface area contributed by atoms with Gasteiger partial charge in [-0.3, -0.25) is 0 Å². The lowest BCUT2D eigenvalue weighted by Gasteiger charge is -1.98. The number of esters is 1. The number of hydrogen-bond acceptors (Lipinski definition) is 3. The van der Waals surface area contributed by atoms with E-state index in [1.807, 2.05) is 0 Å². The lowest BCUT2D eigenvalue weighted by Crippen LogP contribution is -2.05. The van der Waals surface area contributed by atoms with Gasteiger partial charge in [0.05, 0.1) is 17.3 Å². The third-order valence-corrected chi connectivity index (χ3v) is 2.86. The van der Waals surface area contributed by atoms with Crippen molar-refractivity contribution in [2.75, 3.05) is 6.61 Å². The van der Waals surface area contributed by atoms with E-state index >= 15 is 0 Å². The Balaban J connectivity index is 2.56. The Bertz CT molecular complexity index is 553. The monoisotopic (exact) mass is 286 g/mol. The summed E-state index contributed by atoms with van der Waals surface area (Å²) in [6.07, 6.45) is 1.08. The Hall–Kier alpha value is -1.43. The van der Waals surface area contributed by atoms with Crippen LogP contribution in [0, 0.1) is 5.82 Å². The number of rotatable bonds is 2. The fourth-order valence-electron chi connectivity index (χ4n) is 1.36. The summed E-state index contributed by atoms with van der Waals surface area (Å²) in [5.74, 6) is -0.949. The van der Waals surface area contributed by atoms with Crippen molar-refractivity contribution in [3.63, 3.8) is 0 Å². The predicted molar refractivity (Wildman–Crippen MR) is 59.7 cm³/mol. The van der Waals surface area contributed by atoms with Gasteiger partial charge < -0.3 is 9.72 Å². The fraction of sp³-hybridized carbons (Fsp3) is 0.200. The number of hydrogen-bond donors (Lipinski definition) is 1. The van der Waals surface area contributed by atoms with Crippen molar-refractivity contribution in [1.29, 1.82) is 0 Å². The van der Waals surface area contributed by atoms with E-state index in [9.17, 15) is 9.18 Å². The lowest BCUT2D eigenvalue weighted by atomic mass is 10.3. The van der Waals surface area contributed by atoms with Crippen molar-refractivity contribution in [1.82, 2.24) is 9.97 Å². The molecule has 0 aliphatic carbocycles. The number of H-pyrrole nitrogens is 1. The second kappa shape index (κ2) is 4.21. The molecular weight excluding hydrogens is 279 g/mol. The first-order valence-electron chi connectivity index (χ1n) is 4.63. The minimum atomic E-state index is -0.493. The summed E-state index contributed by atoms with van der Waals surface area (Å²) in [5, 5.41) is 0.517. The molecule has 0 saturated heterocycles. The van der Waals surface area contributed by atoms with E-state index in [2.05, 4.69) is 25.9 Å². The van der Waals surface area contributed by atoms with Crippen LogP contribution in [0.3, 0.4) is 0 Å². The van der Waals surface area contributed by atoms with Gasteiger partial charge >= 0.3 is 5.97 Å². The van der Waals surface area contributed by atoms with Gasteiger partial charge in [-0.05, 0) is 28.9 Å². The summed E-state index contributed by atoms with van der Waals surface area (Å²) in [4.78, 5) is 18.1. The summed E-state index contributed by atoms with van der Waals surface area (Å²) < 4.78 is 18.3. The van der Waals surface area contributed by atoms with Gasteiger partial charge in [0.2, 0.25) is 0 Å². The van der Waals surface area contributed by atoms with Crippen LogP contribution in [0.25, 0.3) is 11.0 Å². The summed E-state index contributed by atoms with van der Waals surface area (Å²) in [5.41, 5.74) is 0.686. The van der Waals surface area contributed by atoms with Gasteiger partial charge in [0.25, 0.3) is 0 Å². The third-order valence-electron chi connectivity index (χ3n) is 2.03. The number of nitrogens with one attached hydrogen (secondary N) is 1. The summed E-state index contributed by atoms with van der Waals surface area (Å²) in [6, 6.07) is 1.30. The molecule has 0 unspecified atom stereocenters. The number of carbonyl (C=O) groups is 1. The molecule has 4 nitrogen and oxygen atoms in total. The molecule has 0 saturated carbocycles. The highest BCUT2D eigenvalue weighted by molar-refractivity contribution is 9.10. The van der Waals surface area contributed by atoms with Gasteiger partial charge in [0.1, 0.15) is 17.2 Å². The Kier molecular flexibility index (Phi) is 2.91. The molecule has 0 aliphatic heterocycles. The van der Waals surface area contributed by atoms with E-state index < -0.39 is 11.8 Å². The normalized spacial score (nSPS) is 10.7. The molecule has 1 N–H and O–H groups in total. The van der Waals surface area contributed by atoms with Crippen LogP contribution in [0.2, 0.25) is 0 Å². The number of pyridine rings is 1. The van der Waals surface area contributed by atoms with Crippen molar-refractivity contribution in [2.24, 2.45) is 0 Å². The molecule has 0 bridgehead atoms. The molecule has 0 spiro atoms. The first kappa shape index (κ1) is 11.1. The van der Waals surface area contributed by atoms with Gasteiger partial charge in [-0.2, -0.15) is 0 Å². The number of aromatic nitrogens is 2. The van der Waals surface area contributed by atoms with E-state index in [1.165, 1.54) is 6.07 Å². The van der Waals surface area contributed by atoms with Crippen LogP contribution in [0.4, 0.5) is 4.39 Å². The van der Waals surface area contributed by atoms with Crippen molar-refractivity contribution in [2.45, 2.75) is 6.92 Å². The molecule has 2 rings (SSSR count). The number of carbonyl (C=O) groups excluding carboxylic acids is 1. The number of halogens is 2. The Morgan fingerprint density at radius 3 is 3.12 bits per heavy atom. The molecule has 0 aromatic carbocycles. The second-order valence-electron chi connectivity index (χ2n) is 3.08. The molecule has 6 heteroatoms. The quantitative estimate of drug-likeness (QED) is 0.864. The summed E-state index contributed by atoms with van der Waals surface area (Å²) in [6.45, 7) is 1.99. The van der Waals surface area contributed by atoms with E-state index in [0.29, 0.717) is 15.5 Å². The highest BCUT2D eigenvalue weighted by Crippen LogP contribution is 2.27. The summed E-state index contributed by atoms with van der Waals surface area (Å²) >= 11 is 3.22. The standard InChI is InChI=1S/C10H8BrFN2O2/c1-2-16-10(15)8-7(11)6-3-5(12)4-13-9(6)14-8/h3-4H,2H2,1H3,(H,13,14). The largest absolute Gasteiger partial charge is 0.461 e. The zero-order chi connectivity index (χ0) is 11.7. The SMILES string of the molecule is CCOC(=O)c1[nH]c2ncc(F)cc2c1Br. The van der Waals surface area contributed by atoms with E-state index in [0.717, 1.165) is 6.20 Å². The Morgan fingerprint density at radius 1 is 1.69 bits per heavy atom. The minimum absolute atomic E-state index is 0.245. The topological polar surface area (TPSA) is 55.0 Å². The van der Waals surface area contributed by atoms with Crippen LogP contribution in [-0.4, -0.2) is 22.5 Å². The Labute approximate surface area is 98.9 Å². The number of aromatic amines is 1. The second-order valence-corrected chi connectivity index (χ2v) is 3.88. The van der Waals surface area contributed by atoms with Crippen LogP contribution < -0.4 is 0 Å². The van der Waals surface area contributed by atoms with Crippen LogP contribution in [0.15, 0.2) is 16.7 Å². The van der Waals surface area contributed by atoms with Gasteiger partial charge in [-0.25, -0.2) is 14.2 Å². The van der Waals surface area contributed by atoms with Crippen LogP contribution in [0.1, 0.15) is 17.4 Å². The summed E-state index contributed by atoms with van der Waals surface area (Å²) in [7, 11) is 0. The van der Waals surface area contributed by atoms with Crippen molar-refractivity contribution in [3.8, 4) is 0 Å². The maximum absolute atomic E-state index is 13.0. The highest BCUT2D eigenvalue weighted by atomic mass is 79.9. The van der Waals surface area contributed by atoms with Gasteiger partial charge in [-0.1, -0.05) is 0 Å². The van der Waals surface area contributed by atoms with Crippen molar-refractivity contribution >= 4 is 32.9 Å². The molecule has 0 fully saturated rings. The first-order chi connectivity index (χ1) is 7.63. The van der Waals surface area contributed by atoms with Gasteiger partial charge in [-0.15, -0.1) is 0 Å². The van der Waals surface area contributed by atoms with Gasteiger partial charge in [0.15, 0.2) is 0 Å². The molecule has 0 atom stereocenters. The molecule has 0 amide bonds. The number of fused-ring (bicyclic) bond motifs is 1. The first-order valence-corrected chi connectivity index (χ1v) is 5.42. The van der Waals surface area contributed by atoms with Crippen LogP contribution in [0.5, 0.6) is 0 Å². The highest BCUT2D eigenvalue weighted by Gasteiger charge is 2.17. The molecule has 2 heterocycles. The average Bonchev–Trinajstić information content (AvgIpc) is 2.57. The fourth-order valence-corrected chi connectivity index (χ4v) is 1.92. The van der Waals surface area contributed by atoms with Crippen molar-refractivity contribution in [3.05, 3.63) is 28.2 Å². The van der Waals surface area contributed by atoms with E-state index in [4.69, 9.17) is 4.74 Å². The zero-order valence-electron chi connectivity index (χ0n) is 8.38. The molecule has 16 heavy (non-hydrogen) atoms. The lowest BCUT2D eigenvalue weighted by molar-refractivity contribution is 0.0519. The minimum Gasteiger partial charge on any atom is -0.461 e. The third kappa shape index (κ3) is 1.80. The number of nitrogens with zero attached hydrogens (tertiary/aromatic N) is 1. The zero-order valence-corrected chi connectivity index (χ0v) is 9.97. The molecule has 2 aromatic heterocycles. The van der Waals surface area contributed by atoms with Gasteiger partial charge in [0, 0.05) is 5.39 Å². The van der Waals surface area contributed by atoms with Crippen LogP contribution in [-0.2, 0) is 4.74 Å². The molecule has 0 radical (unpaired) electrons. The molecule has 84 valence electrons. The maximum atomic E-state index is 13.0. The molecule has 0 aliphatic rings. The van der Waals surface area contributed by atoms with E-state index in [1.54, 1.807) is 6.92 Å². The van der Waals surface area contributed by atoms with E-state index in [-0.39, 0.29) is 12.3 Å². The Morgan fingerprint density at radius 2 is 2.44 bits per heavy atom. The average molecular weight is 287 g/mol. The maximum Gasteiger partial charge on any atom is 0.355 e. The van der Waals surface area contributed by atoms with Crippen molar-refractivity contribution < 1.29 is 13.9 Å². The smallest absolute Gasteiger partial charge is 0.355 e.